The predicted molar refractivity (Wildman–Crippen MR) is 120 cm³/mol. The zero-order valence-electron chi connectivity index (χ0n) is 18.3. The highest BCUT2D eigenvalue weighted by Crippen LogP contribution is 2.58. The fourth-order valence-corrected chi connectivity index (χ4v) is 5.48. The summed E-state index contributed by atoms with van der Waals surface area (Å²) in [6.07, 6.45) is 12.2. The van der Waals surface area contributed by atoms with E-state index in [1.165, 1.54) is 51.4 Å². The average Bonchev–Trinajstić information content (AvgIpc) is 3.20. The molecule has 0 aromatic heterocycles. The number of carbonyl (C=O) groups excluding carboxylic acids is 1. The zero-order valence-corrected chi connectivity index (χ0v) is 19.9. The summed E-state index contributed by atoms with van der Waals surface area (Å²) in [7, 11) is 0. The summed E-state index contributed by atoms with van der Waals surface area (Å²) in [4.78, 5) is 13.6. The van der Waals surface area contributed by atoms with E-state index in [0.29, 0.717) is 11.0 Å². The predicted octanol–water partition coefficient (Wildman–Crippen LogP) is 7.97. The number of cyclic esters (lactones) is 1. The average molecular weight is 441 g/mol. The molecule has 27 heavy (non-hydrogen) atoms. The largest absolute Gasteiger partial charge is 0.459 e. The number of carbonyl (C=O) groups is 1. The maximum atomic E-state index is 11.4. The summed E-state index contributed by atoms with van der Waals surface area (Å²) in [5.74, 6) is 1.35. The molecule has 0 bridgehead atoms. The molecule has 2 aliphatic carbocycles. The SMILES string of the molecule is C=C1CC(CCC2CCC3/C(=C/Br)CCCC23C)OC1=O.CC.CCCC. The Morgan fingerprint density at radius 2 is 1.89 bits per heavy atom. The van der Waals surface area contributed by atoms with E-state index in [9.17, 15) is 4.79 Å². The van der Waals surface area contributed by atoms with Gasteiger partial charge in [-0.1, -0.05) is 75.5 Å². The topological polar surface area (TPSA) is 26.3 Å². The molecule has 1 saturated heterocycles. The second-order valence-corrected chi connectivity index (χ2v) is 8.74. The van der Waals surface area contributed by atoms with Gasteiger partial charge >= 0.3 is 5.97 Å². The lowest BCUT2D eigenvalue weighted by Gasteiger charge is -2.42. The van der Waals surface area contributed by atoms with Gasteiger partial charge in [-0.3, -0.25) is 0 Å². The van der Waals surface area contributed by atoms with Gasteiger partial charge in [0.15, 0.2) is 0 Å². The Hall–Kier alpha value is -0.570. The van der Waals surface area contributed by atoms with Gasteiger partial charge in [0.2, 0.25) is 0 Å². The van der Waals surface area contributed by atoms with Gasteiger partial charge in [-0.25, -0.2) is 4.79 Å². The molecule has 0 spiro atoms. The van der Waals surface area contributed by atoms with Gasteiger partial charge in [-0.2, -0.15) is 0 Å². The lowest BCUT2D eigenvalue weighted by Crippen LogP contribution is -2.33. The van der Waals surface area contributed by atoms with Crippen LogP contribution < -0.4 is 0 Å². The Kier molecular flexibility index (Phi) is 11.0. The van der Waals surface area contributed by atoms with Crippen molar-refractivity contribution in [3.8, 4) is 0 Å². The van der Waals surface area contributed by atoms with Crippen molar-refractivity contribution in [3.05, 3.63) is 22.7 Å². The van der Waals surface area contributed by atoms with Crippen LogP contribution in [0.15, 0.2) is 22.7 Å². The molecule has 1 heterocycles. The molecule has 3 heteroatoms. The summed E-state index contributed by atoms with van der Waals surface area (Å²) in [6, 6.07) is 0. The van der Waals surface area contributed by atoms with Gasteiger partial charge < -0.3 is 4.74 Å². The van der Waals surface area contributed by atoms with Crippen LogP contribution in [-0.2, 0) is 9.53 Å². The quantitative estimate of drug-likeness (QED) is 0.327. The van der Waals surface area contributed by atoms with Crippen LogP contribution in [0.3, 0.4) is 0 Å². The van der Waals surface area contributed by atoms with E-state index >= 15 is 0 Å². The van der Waals surface area contributed by atoms with E-state index in [1.807, 2.05) is 13.8 Å². The third kappa shape index (κ3) is 6.21. The Labute approximate surface area is 176 Å². The molecule has 1 aliphatic heterocycles. The van der Waals surface area contributed by atoms with Crippen LogP contribution in [0.4, 0.5) is 0 Å². The second-order valence-electron chi connectivity index (χ2n) is 8.28. The van der Waals surface area contributed by atoms with Crippen LogP contribution in [-0.4, -0.2) is 12.1 Å². The molecule has 0 N–H and O–H groups in total. The Bertz CT molecular complexity index is 493. The van der Waals surface area contributed by atoms with Crippen LogP contribution >= 0.6 is 15.9 Å². The maximum Gasteiger partial charge on any atom is 0.333 e. The van der Waals surface area contributed by atoms with E-state index in [1.54, 1.807) is 5.57 Å². The molecule has 3 rings (SSSR count). The second kappa shape index (κ2) is 12.1. The van der Waals surface area contributed by atoms with Gasteiger partial charge in [0.1, 0.15) is 6.10 Å². The van der Waals surface area contributed by atoms with Gasteiger partial charge in [0.25, 0.3) is 0 Å². The summed E-state index contributed by atoms with van der Waals surface area (Å²) < 4.78 is 5.39. The van der Waals surface area contributed by atoms with E-state index < -0.39 is 0 Å². The lowest BCUT2D eigenvalue weighted by molar-refractivity contribution is -0.139. The number of hydrogen-bond donors (Lipinski definition) is 0. The van der Waals surface area contributed by atoms with Crippen molar-refractivity contribution in [1.29, 1.82) is 0 Å². The molecule has 3 fully saturated rings. The zero-order chi connectivity index (χ0) is 20.4. The standard InChI is InChI=1S/C18H25BrO2.C4H10.C2H6/c1-12-10-15(21-17(12)20)7-5-14-6-8-16-13(11-19)4-3-9-18(14,16)2;1-3-4-2;1-2/h11,14-16H,1,3-10H2,2H3;3-4H2,1-2H3;1-2H3/b13-11+;;. The van der Waals surface area contributed by atoms with E-state index in [2.05, 4.69) is 48.3 Å². The molecular formula is C24H41BrO2. The third-order valence-electron chi connectivity index (χ3n) is 6.67. The number of rotatable bonds is 4. The number of allylic oxidation sites excluding steroid dienone is 1. The van der Waals surface area contributed by atoms with Gasteiger partial charge in [0, 0.05) is 12.0 Å². The molecule has 0 aromatic rings. The van der Waals surface area contributed by atoms with Crippen LogP contribution in [0, 0.1) is 17.3 Å². The first-order valence-electron chi connectivity index (χ1n) is 11.1. The summed E-state index contributed by atoms with van der Waals surface area (Å²) in [5.41, 5.74) is 2.72. The van der Waals surface area contributed by atoms with Crippen molar-refractivity contribution in [2.75, 3.05) is 0 Å². The Morgan fingerprint density at radius 3 is 2.41 bits per heavy atom. The van der Waals surface area contributed by atoms with Crippen molar-refractivity contribution in [3.63, 3.8) is 0 Å². The Morgan fingerprint density at radius 1 is 1.22 bits per heavy atom. The number of halogens is 1. The molecule has 4 atom stereocenters. The van der Waals surface area contributed by atoms with Gasteiger partial charge in [0.05, 0.1) is 0 Å². The van der Waals surface area contributed by atoms with E-state index in [-0.39, 0.29) is 12.1 Å². The number of hydrogen-bond acceptors (Lipinski definition) is 2. The molecule has 156 valence electrons. The molecule has 3 aliphatic rings. The lowest BCUT2D eigenvalue weighted by atomic mass is 9.63. The van der Waals surface area contributed by atoms with Crippen LogP contribution in [0.25, 0.3) is 0 Å². The minimum Gasteiger partial charge on any atom is -0.459 e. The van der Waals surface area contributed by atoms with E-state index in [4.69, 9.17) is 4.74 Å². The van der Waals surface area contributed by atoms with Crippen LogP contribution in [0.1, 0.15) is 98.8 Å². The maximum absolute atomic E-state index is 11.4. The number of esters is 1. The van der Waals surface area contributed by atoms with Gasteiger partial charge in [-0.05, 0) is 67.2 Å². The molecule has 2 nitrogen and oxygen atoms in total. The molecule has 0 radical (unpaired) electrons. The third-order valence-corrected chi connectivity index (χ3v) is 7.26. The molecule has 4 unspecified atom stereocenters. The first-order chi connectivity index (χ1) is 13.0. The van der Waals surface area contributed by atoms with Crippen molar-refractivity contribution in [1.82, 2.24) is 0 Å². The minimum absolute atomic E-state index is 0.0856. The summed E-state index contributed by atoms with van der Waals surface area (Å²) >= 11 is 3.57. The summed E-state index contributed by atoms with van der Waals surface area (Å²) in [5, 5.41) is 0. The normalized spacial score (nSPS) is 33.6. The highest BCUT2D eigenvalue weighted by molar-refractivity contribution is 9.11. The van der Waals surface area contributed by atoms with Crippen molar-refractivity contribution in [2.24, 2.45) is 17.3 Å². The first-order valence-corrected chi connectivity index (χ1v) is 12.1. The number of unbranched alkanes of at least 4 members (excludes halogenated alkanes) is 1. The monoisotopic (exact) mass is 440 g/mol. The Balaban J connectivity index is 0.000000541. The smallest absolute Gasteiger partial charge is 0.333 e. The van der Waals surface area contributed by atoms with Crippen molar-refractivity contribution >= 4 is 21.9 Å². The number of ether oxygens (including phenoxy) is 1. The van der Waals surface area contributed by atoms with Crippen LogP contribution in [0.5, 0.6) is 0 Å². The van der Waals surface area contributed by atoms with E-state index in [0.717, 1.165) is 24.7 Å². The minimum atomic E-state index is -0.183. The fraction of sp³-hybridized carbons (Fsp3) is 0.792. The highest BCUT2D eigenvalue weighted by Gasteiger charge is 2.49. The fourth-order valence-electron chi connectivity index (χ4n) is 4.93. The van der Waals surface area contributed by atoms with Crippen LogP contribution in [0.2, 0.25) is 0 Å². The molecule has 0 amide bonds. The van der Waals surface area contributed by atoms with Gasteiger partial charge in [-0.15, -0.1) is 0 Å². The summed E-state index contributed by atoms with van der Waals surface area (Å²) in [6.45, 7) is 14.6. The highest BCUT2D eigenvalue weighted by atomic mass is 79.9. The van der Waals surface area contributed by atoms with Crippen molar-refractivity contribution in [2.45, 2.75) is 105 Å². The molecule has 2 saturated carbocycles. The van der Waals surface area contributed by atoms with Crippen molar-refractivity contribution < 1.29 is 9.53 Å². The molecule has 0 aromatic carbocycles. The molecular weight excluding hydrogens is 400 g/mol. The first kappa shape index (κ1) is 24.5. The number of fused-ring (bicyclic) bond motifs is 1.